The van der Waals surface area contributed by atoms with Crippen LogP contribution in [0.3, 0.4) is 0 Å². The highest BCUT2D eigenvalue weighted by atomic mass is 35.5. The quantitative estimate of drug-likeness (QED) is 0.943. The fourth-order valence-electron chi connectivity index (χ4n) is 1.25. The highest BCUT2D eigenvalue weighted by Crippen LogP contribution is 2.17. The Morgan fingerprint density at radius 2 is 1.68 bits per heavy atom. The van der Waals surface area contributed by atoms with Crippen molar-refractivity contribution >= 4 is 27.4 Å². The topological polar surface area (TPSA) is 72.0 Å². The third-order valence-electron chi connectivity index (χ3n) is 2.01. The zero-order valence-electron chi connectivity index (χ0n) is 9.14. The Bertz CT molecular complexity index is 687. The largest absolute Gasteiger partial charge is 0.263 e. The average Bonchev–Trinajstić information content (AvgIpc) is 2.31. The molecule has 0 fully saturated rings. The first kappa shape index (κ1) is 13.6. The molecule has 1 aromatic carbocycles. The normalized spacial score (nSPS) is 11.3. The van der Waals surface area contributed by atoms with Gasteiger partial charge in [0.1, 0.15) is 16.8 Å². The second-order valence-corrected chi connectivity index (χ2v) is 5.50. The first-order chi connectivity index (χ1) is 8.87. The standard InChI is InChI=1S/C10H6ClF2N3O2S/c11-9-4-15-10(5-14-9)16-19(17,18)8-2-6(12)1-7(13)3-8/h1-5H,(H,15,16). The summed E-state index contributed by atoms with van der Waals surface area (Å²) in [6, 6.07) is 1.95. The second-order valence-electron chi connectivity index (χ2n) is 3.44. The number of halogens is 3. The SMILES string of the molecule is O=S(=O)(Nc1cnc(Cl)cn1)c1cc(F)cc(F)c1. The lowest BCUT2D eigenvalue weighted by Gasteiger charge is -2.07. The molecule has 0 radical (unpaired) electrons. The van der Waals surface area contributed by atoms with Gasteiger partial charge in [0.25, 0.3) is 10.0 Å². The predicted octanol–water partition coefficient (Wildman–Crippen LogP) is 2.21. The lowest BCUT2D eigenvalue weighted by Crippen LogP contribution is -2.14. The summed E-state index contributed by atoms with van der Waals surface area (Å²) in [5.74, 6) is -2.11. The molecule has 0 aliphatic rings. The minimum Gasteiger partial charge on any atom is -0.262 e. The first-order valence-electron chi connectivity index (χ1n) is 4.83. The zero-order chi connectivity index (χ0) is 14.0. The second kappa shape index (κ2) is 5.06. The van der Waals surface area contributed by atoms with Gasteiger partial charge in [-0.2, -0.15) is 0 Å². The van der Waals surface area contributed by atoms with Crippen LogP contribution in [0.4, 0.5) is 14.6 Å². The van der Waals surface area contributed by atoms with Crippen LogP contribution in [0.25, 0.3) is 0 Å². The van der Waals surface area contributed by atoms with Crippen LogP contribution in [-0.2, 0) is 10.0 Å². The summed E-state index contributed by atoms with van der Waals surface area (Å²) in [6.45, 7) is 0. The summed E-state index contributed by atoms with van der Waals surface area (Å²) >= 11 is 5.49. The third-order valence-corrected chi connectivity index (χ3v) is 3.53. The molecule has 0 aliphatic heterocycles. The van der Waals surface area contributed by atoms with Crippen molar-refractivity contribution in [3.63, 3.8) is 0 Å². The molecule has 0 amide bonds. The van der Waals surface area contributed by atoms with Crippen molar-refractivity contribution < 1.29 is 17.2 Å². The predicted molar refractivity (Wildman–Crippen MR) is 64.2 cm³/mol. The Kier molecular flexibility index (Phi) is 3.63. The maximum absolute atomic E-state index is 13.0. The minimum atomic E-state index is -4.15. The molecule has 1 N–H and O–H groups in total. The molecule has 0 saturated heterocycles. The summed E-state index contributed by atoms with van der Waals surface area (Å²) < 4.78 is 51.7. The van der Waals surface area contributed by atoms with E-state index in [0.29, 0.717) is 18.2 Å². The van der Waals surface area contributed by atoms with Crippen LogP contribution in [0.2, 0.25) is 5.15 Å². The minimum absolute atomic E-state index is 0.0831. The van der Waals surface area contributed by atoms with E-state index in [9.17, 15) is 17.2 Å². The van der Waals surface area contributed by atoms with E-state index in [2.05, 4.69) is 9.97 Å². The highest BCUT2D eigenvalue weighted by molar-refractivity contribution is 7.92. The molecule has 9 heteroatoms. The van der Waals surface area contributed by atoms with Crippen molar-refractivity contribution in [3.05, 3.63) is 47.4 Å². The molecule has 0 aliphatic carbocycles. The molecule has 0 bridgehead atoms. The van der Waals surface area contributed by atoms with E-state index in [1.54, 1.807) is 0 Å². The van der Waals surface area contributed by atoms with Crippen molar-refractivity contribution in [2.24, 2.45) is 0 Å². The van der Waals surface area contributed by atoms with Crippen molar-refractivity contribution in [1.82, 2.24) is 9.97 Å². The number of benzene rings is 1. The molecule has 0 spiro atoms. The smallest absolute Gasteiger partial charge is 0.262 e. The van der Waals surface area contributed by atoms with Crippen molar-refractivity contribution in [3.8, 4) is 0 Å². The number of hydrogen-bond donors (Lipinski definition) is 1. The van der Waals surface area contributed by atoms with Gasteiger partial charge < -0.3 is 0 Å². The maximum Gasteiger partial charge on any atom is 0.263 e. The summed E-state index contributed by atoms with van der Waals surface area (Å²) in [6.07, 6.45) is 2.21. The molecule has 0 atom stereocenters. The summed E-state index contributed by atoms with van der Waals surface area (Å²) in [7, 11) is -4.15. The van der Waals surface area contributed by atoms with Gasteiger partial charge in [0.15, 0.2) is 5.82 Å². The van der Waals surface area contributed by atoms with Crippen molar-refractivity contribution in [1.29, 1.82) is 0 Å². The van der Waals surface area contributed by atoms with Gasteiger partial charge in [0.05, 0.1) is 17.3 Å². The number of nitrogens with zero attached hydrogens (tertiary/aromatic N) is 2. The molecular weight excluding hydrogens is 300 g/mol. The number of nitrogens with one attached hydrogen (secondary N) is 1. The van der Waals surface area contributed by atoms with Crippen molar-refractivity contribution in [2.45, 2.75) is 4.90 Å². The van der Waals surface area contributed by atoms with Gasteiger partial charge in [-0.25, -0.2) is 27.2 Å². The molecule has 0 saturated carbocycles. The van der Waals surface area contributed by atoms with E-state index in [-0.39, 0.29) is 11.0 Å². The van der Waals surface area contributed by atoms with Crippen molar-refractivity contribution in [2.75, 3.05) is 4.72 Å². The van der Waals surface area contributed by atoms with Gasteiger partial charge in [-0.1, -0.05) is 11.6 Å². The van der Waals surface area contributed by atoms with Crippen LogP contribution in [-0.4, -0.2) is 18.4 Å². The van der Waals surface area contributed by atoms with E-state index >= 15 is 0 Å². The summed E-state index contributed by atoms with van der Waals surface area (Å²) in [5.41, 5.74) is 0. The third kappa shape index (κ3) is 3.36. The fraction of sp³-hybridized carbons (Fsp3) is 0. The Labute approximate surface area is 112 Å². The average molecular weight is 306 g/mol. The van der Waals surface area contributed by atoms with Gasteiger partial charge in [0, 0.05) is 6.07 Å². The van der Waals surface area contributed by atoms with E-state index in [1.165, 1.54) is 0 Å². The number of aromatic nitrogens is 2. The van der Waals surface area contributed by atoms with Gasteiger partial charge in [-0.15, -0.1) is 0 Å². The van der Waals surface area contributed by atoms with E-state index in [1.807, 2.05) is 4.72 Å². The Hall–Kier alpha value is -1.80. The maximum atomic E-state index is 13.0. The highest BCUT2D eigenvalue weighted by Gasteiger charge is 2.17. The van der Waals surface area contributed by atoms with Crippen LogP contribution >= 0.6 is 11.6 Å². The lowest BCUT2D eigenvalue weighted by atomic mass is 10.3. The Balaban J connectivity index is 2.34. The van der Waals surface area contributed by atoms with Crippen LogP contribution in [0, 0.1) is 11.6 Å². The van der Waals surface area contributed by atoms with E-state index in [0.717, 1.165) is 12.4 Å². The molecule has 100 valence electrons. The zero-order valence-corrected chi connectivity index (χ0v) is 10.7. The van der Waals surface area contributed by atoms with Crippen LogP contribution in [0.15, 0.2) is 35.5 Å². The monoisotopic (exact) mass is 305 g/mol. The molecule has 0 unspecified atom stereocenters. The molecule has 1 heterocycles. The van der Waals surface area contributed by atoms with Gasteiger partial charge in [-0.3, -0.25) is 4.72 Å². The first-order valence-corrected chi connectivity index (χ1v) is 6.69. The number of sulfonamides is 1. The molecule has 5 nitrogen and oxygen atoms in total. The van der Waals surface area contributed by atoms with Crippen LogP contribution < -0.4 is 4.72 Å². The fourth-order valence-corrected chi connectivity index (χ4v) is 2.38. The van der Waals surface area contributed by atoms with Crippen LogP contribution in [0.5, 0.6) is 0 Å². The number of anilines is 1. The van der Waals surface area contributed by atoms with E-state index < -0.39 is 26.6 Å². The molecule has 2 aromatic rings. The molecule has 1 aromatic heterocycles. The molecule has 2 rings (SSSR count). The van der Waals surface area contributed by atoms with Gasteiger partial charge >= 0.3 is 0 Å². The number of hydrogen-bond acceptors (Lipinski definition) is 4. The summed E-state index contributed by atoms with van der Waals surface area (Å²) in [4.78, 5) is 6.73. The number of rotatable bonds is 3. The molecular formula is C10H6ClF2N3O2S. The Morgan fingerprint density at radius 3 is 2.21 bits per heavy atom. The van der Waals surface area contributed by atoms with Gasteiger partial charge in [-0.05, 0) is 12.1 Å². The van der Waals surface area contributed by atoms with E-state index in [4.69, 9.17) is 11.6 Å². The Morgan fingerprint density at radius 1 is 1.05 bits per heavy atom. The van der Waals surface area contributed by atoms with Gasteiger partial charge in [0.2, 0.25) is 0 Å². The summed E-state index contributed by atoms with van der Waals surface area (Å²) in [5, 5.41) is 0.0831. The van der Waals surface area contributed by atoms with Crippen LogP contribution in [0.1, 0.15) is 0 Å². The molecule has 19 heavy (non-hydrogen) atoms. The lowest BCUT2D eigenvalue weighted by molar-refractivity contribution is 0.568.